The summed E-state index contributed by atoms with van der Waals surface area (Å²) in [7, 11) is 1.50. The highest BCUT2D eigenvalue weighted by Gasteiger charge is 2.36. The normalized spacial score (nSPS) is 19.3. The van der Waals surface area contributed by atoms with E-state index in [2.05, 4.69) is 5.32 Å². The molecule has 1 aromatic carbocycles. The average Bonchev–Trinajstić information content (AvgIpc) is 2.94. The van der Waals surface area contributed by atoms with Gasteiger partial charge in [0.1, 0.15) is 5.70 Å². The first-order valence-corrected chi connectivity index (χ1v) is 9.36. The molecule has 3 rings (SSSR count). The molecule has 0 bridgehead atoms. The van der Waals surface area contributed by atoms with Crippen molar-refractivity contribution in [3.8, 4) is 11.5 Å². The Kier molecular flexibility index (Phi) is 5.95. The monoisotopic (exact) mass is 389 g/mol. The number of nitrogens with one attached hydrogen (secondary N) is 1. The number of ether oxygens (including phenoxy) is 2. The van der Waals surface area contributed by atoms with Gasteiger partial charge in [0.2, 0.25) is 0 Å². The summed E-state index contributed by atoms with van der Waals surface area (Å²) in [6, 6.07) is 5.35. The molecule has 8 heteroatoms. The lowest BCUT2D eigenvalue weighted by Gasteiger charge is -2.29. The van der Waals surface area contributed by atoms with Gasteiger partial charge in [0.25, 0.3) is 11.8 Å². The van der Waals surface area contributed by atoms with E-state index in [-0.39, 0.29) is 18.6 Å². The van der Waals surface area contributed by atoms with Crippen LogP contribution in [-0.4, -0.2) is 41.6 Å². The maximum absolute atomic E-state index is 12.8. The zero-order chi connectivity index (χ0) is 19.4. The van der Waals surface area contributed by atoms with E-state index in [0.29, 0.717) is 22.3 Å². The fourth-order valence-corrected chi connectivity index (χ4v) is 3.77. The summed E-state index contributed by atoms with van der Waals surface area (Å²) in [4.78, 5) is 25.4. The number of rotatable bonds is 6. The van der Waals surface area contributed by atoms with E-state index in [9.17, 15) is 9.59 Å². The summed E-state index contributed by atoms with van der Waals surface area (Å²) in [6.07, 6.45) is 7.17. The lowest BCUT2D eigenvalue weighted by atomic mass is 9.94. The van der Waals surface area contributed by atoms with Crippen LogP contribution in [0.25, 0.3) is 6.08 Å². The number of primary amides is 1. The predicted octanol–water partition coefficient (Wildman–Crippen LogP) is 1.95. The van der Waals surface area contributed by atoms with Gasteiger partial charge in [0.05, 0.1) is 7.11 Å². The SMILES string of the molecule is COc1cc(/C=C2/NC(=S)N(C3CCCCC3)C2=O)ccc1OCC(N)=O. The van der Waals surface area contributed by atoms with Gasteiger partial charge in [-0.1, -0.05) is 25.3 Å². The summed E-state index contributed by atoms with van der Waals surface area (Å²) in [6.45, 7) is -0.235. The highest BCUT2D eigenvalue weighted by Crippen LogP contribution is 2.30. The summed E-state index contributed by atoms with van der Waals surface area (Å²) < 4.78 is 10.6. The molecule has 2 fully saturated rings. The van der Waals surface area contributed by atoms with Crippen molar-refractivity contribution in [2.24, 2.45) is 5.73 Å². The number of benzene rings is 1. The van der Waals surface area contributed by atoms with Crippen LogP contribution in [0.15, 0.2) is 23.9 Å². The largest absolute Gasteiger partial charge is 0.493 e. The molecule has 2 amide bonds. The minimum Gasteiger partial charge on any atom is -0.493 e. The maximum Gasteiger partial charge on any atom is 0.276 e. The number of hydrogen-bond acceptors (Lipinski definition) is 5. The van der Waals surface area contributed by atoms with Crippen LogP contribution in [0.1, 0.15) is 37.7 Å². The third-order valence-corrected chi connectivity index (χ3v) is 5.02. The van der Waals surface area contributed by atoms with E-state index in [1.807, 2.05) is 0 Å². The van der Waals surface area contributed by atoms with Gasteiger partial charge in [0, 0.05) is 6.04 Å². The van der Waals surface area contributed by atoms with Crippen LogP contribution in [0.3, 0.4) is 0 Å². The molecule has 0 unspecified atom stereocenters. The molecule has 0 radical (unpaired) electrons. The number of nitrogens with zero attached hydrogens (tertiary/aromatic N) is 1. The zero-order valence-corrected chi connectivity index (χ0v) is 16.0. The van der Waals surface area contributed by atoms with Crippen molar-refractivity contribution in [1.82, 2.24) is 10.2 Å². The summed E-state index contributed by atoms with van der Waals surface area (Å²) in [5.41, 5.74) is 6.29. The first kappa shape index (κ1) is 19.2. The van der Waals surface area contributed by atoms with E-state index < -0.39 is 5.91 Å². The molecule has 27 heavy (non-hydrogen) atoms. The second-order valence-corrected chi connectivity index (χ2v) is 7.01. The van der Waals surface area contributed by atoms with Gasteiger partial charge in [-0.3, -0.25) is 14.5 Å². The third kappa shape index (κ3) is 4.39. The smallest absolute Gasteiger partial charge is 0.276 e. The number of hydrogen-bond donors (Lipinski definition) is 2. The molecule has 0 aromatic heterocycles. The standard InChI is InChI=1S/C19H23N3O4S/c1-25-16-10-12(7-8-15(16)26-11-17(20)23)9-14-18(24)22(19(27)21-14)13-5-3-2-4-6-13/h7-10,13H,2-6,11H2,1H3,(H2,20,23)(H,21,27)/b14-9+. The van der Waals surface area contributed by atoms with E-state index in [1.165, 1.54) is 13.5 Å². The van der Waals surface area contributed by atoms with Gasteiger partial charge < -0.3 is 20.5 Å². The molecule has 0 atom stereocenters. The number of carbonyl (C=O) groups is 2. The van der Waals surface area contributed by atoms with Crippen molar-refractivity contribution in [2.75, 3.05) is 13.7 Å². The van der Waals surface area contributed by atoms with Crippen LogP contribution in [0.2, 0.25) is 0 Å². The van der Waals surface area contributed by atoms with Gasteiger partial charge in [-0.15, -0.1) is 0 Å². The van der Waals surface area contributed by atoms with Crippen molar-refractivity contribution in [1.29, 1.82) is 0 Å². The maximum atomic E-state index is 12.8. The number of nitrogens with two attached hydrogens (primary N) is 1. The lowest BCUT2D eigenvalue weighted by molar-refractivity contribution is -0.124. The molecule has 1 aliphatic heterocycles. The summed E-state index contributed by atoms with van der Waals surface area (Å²) in [5.74, 6) is 0.187. The molecular formula is C19H23N3O4S. The Hall–Kier alpha value is -2.61. The van der Waals surface area contributed by atoms with Crippen molar-refractivity contribution < 1.29 is 19.1 Å². The van der Waals surface area contributed by atoms with Crippen molar-refractivity contribution in [2.45, 2.75) is 38.1 Å². The molecule has 0 spiro atoms. The minimum atomic E-state index is -0.569. The molecule has 2 aliphatic rings. The lowest BCUT2D eigenvalue weighted by Crippen LogP contribution is -2.41. The van der Waals surface area contributed by atoms with E-state index in [0.717, 1.165) is 31.2 Å². The minimum absolute atomic E-state index is 0.0973. The van der Waals surface area contributed by atoms with Crippen LogP contribution in [0.4, 0.5) is 0 Å². The van der Waals surface area contributed by atoms with E-state index in [1.54, 1.807) is 29.2 Å². The number of methoxy groups -OCH3 is 1. The van der Waals surface area contributed by atoms with Crippen molar-refractivity contribution in [3.63, 3.8) is 0 Å². The molecule has 1 saturated heterocycles. The third-order valence-electron chi connectivity index (χ3n) is 4.72. The topological polar surface area (TPSA) is 93.9 Å². The Bertz CT molecular complexity index is 787. The quantitative estimate of drug-likeness (QED) is 0.571. The zero-order valence-electron chi connectivity index (χ0n) is 15.2. The van der Waals surface area contributed by atoms with Crippen LogP contribution in [0, 0.1) is 0 Å². The van der Waals surface area contributed by atoms with Crippen LogP contribution >= 0.6 is 12.2 Å². The van der Waals surface area contributed by atoms with Gasteiger partial charge in [-0.05, 0) is 48.8 Å². The summed E-state index contributed by atoms with van der Waals surface area (Å²) in [5, 5.41) is 3.49. The molecule has 1 aliphatic carbocycles. The molecule has 1 aromatic rings. The molecule has 1 saturated carbocycles. The van der Waals surface area contributed by atoms with Gasteiger partial charge in [0.15, 0.2) is 23.2 Å². The fourth-order valence-electron chi connectivity index (χ4n) is 3.43. The average molecular weight is 389 g/mol. The molecule has 7 nitrogen and oxygen atoms in total. The Morgan fingerprint density at radius 1 is 1.33 bits per heavy atom. The second kappa shape index (κ2) is 8.39. The van der Waals surface area contributed by atoms with Crippen LogP contribution in [0.5, 0.6) is 11.5 Å². The van der Waals surface area contributed by atoms with Crippen molar-refractivity contribution >= 4 is 35.2 Å². The molecule has 144 valence electrons. The fraction of sp³-hybridized carbons (Fsp3) is 0.421. The Morgan fingerprint density at radius 3 is 2.74 bits per heavy atom. The van der Waals surface area contributed by atoms with E-state index >= 15 is 0 Å². The second-order valence-electron chi connectivity index (χ2n) is 6.62. The highest BCUT2D eigenvalue weighted by molar-refractivity contribution is 7.80. The first-order valence-electron chi connectivity index (χ1n) is 8.95. The van der Waals surface area contributed by atoms with Gasteiger partial charge in [-0.2, -0.15) is 0 Å². The highest BCUT2D eigenvalue weighted by atomic mass is 32.1. The van der Waals surface area contributed by atoms with Gasteiger partial charge in [-0.25, -0.2) is 0 Å². The van der Waals surface area contributed by atoms with E-state index in [4.69, 9.17) is 27.4 Å². The number of amides is 2. The Labute approximate surface area is 163 Å². The molecule has 1 heterocycles. The summed E-state index contributed by atoms with van der Waals surface area (Å²) >= 11 is 5.38. The predicted molar refractivity (Wildman–Crippen MR) is 105 cm³/mol. The molecule has 3 N–H and O–H groups in total. The number of thiocarbonyl (C=S) groups is 1. The molecular weight excluding hydrogens is 366 g/mol. The van der Waals surface area contributed by atoms with Crippen LogP contribution < -0.4 is 20.5 Å². The van der Waals surface area contributed by atoms with Crippen molar-refractivity contribution in [3.05, 3.63) is 29.5 Å². The number of carbonyl (C=O) groups excluding carboxylic acids is 2. The Balaban J connectivity index is 1.78. The Morgan fingerprint density at radius 2 is 2.07 bits per heavy atom. The van der Waals surface area contributed by atoms with Crippen LogP contribution in [-0.2, 0) is 9.59 Å². The van der Waals surface area contributed by atoms with Gasteiger partial charge >= 0.3 is 0 Å². The first-order chi connectivity index (χ1) is 13.0.